The van der Waals surface area contributed by atoms with Crippen molar-refractivity contribution in [3.05, 3.63) is 0 Å². The van der Waals surface area contributed by atoms with Crippen LogP contribution in [-0.2, 0) is 0 Å². The Morgan fingerprint density at radius 3 is 2.86 bits per heavy atom. The lowest BCUT2D eigenvalue weighted by atomic mass is 9.92. The van der Waals surface area contributed by atoms with Crippen molar-refractivity contribution in [3.63, 3.8) is 0 Å². The average molecular weight is 214 g/mol. The van der Waals surface area contributed by atoms with Crippen molar-refractivity contribution >= 4 is 11.8 Å². The van der Waals surface area contributed by atoms with Crippen molar-refractivity contribution in [2.75, 3.05) is 37.7 Å². The average Bonchev–Trinajstić information content (AvgIpc) is 2.23. The predicted molar refractivity (Wildman–Crippen MR) is 64.0 cm³/mol. The molecule has 2 saturated heterocycles. The first-order valence-corrected chi connectivity index (χ1v) is 7.05. The summed E-state index contributed by atoms with van der Waals surface area (Å²) in [5.41, 5.74) is 0. The molecule has 0 aromatic heterocycles. The Balaban J connectivity index is 1.76. The quantitative estimate of drug-likeness (QED) is 0.748. The first kappa shape index (κ1) is 10.8. The highest BCUT2D eigenvalue weighted by atomic mass is 32.2. The van der Waals surface area contributed by atoms with Gasteiger partial charge in [0.1, 0.15) is 0 Å². The first-order chi connectivity index (χ1) is 6.86. The highest BCUT2D eigenvalue weighted by Crippen LogP contribution is 2.18. The van der Waals surface area contributed by atoms with Gasteiger partial charge < -0.3 is 10.2 Å². The molecule has 0 bridgehead atoms. The SMILES string of the molecule is CC1CCCNC1CN1CCSCC1. The van der Waals surface area contributed by atoms with Crippen LogP contribution in [0, 0.1) is 5.92 Å². The molecule has 0 saturated carbocycles. The van der Waals surface area contributed by atoms with Gasteiger partial charge in [-0.05, 0) is 25.3 Å². The number of rotatable bonds is 2. The van der Waals surface area contributed by atoms with Crippen LogP contribution in [0.5, 0.6) is 0 Å². The van der Waals surface area contributed by atoms with Crippen LogP contribution in [0.1, 0.15) is 19.8 Å². The molecule has 2 heterocycles. The summed E-state index contributed by atoms with van der Waals surface area (Å²) in [6, 6.07) is 0.756. The van der Waals surface area contributed by atoms with Gasteiger partial charge in [0.25, 0.3) is 0 Å². The zero-order chi connectivity index (χ0) is 9.80. The van der Waals surface area contributed by atoms with Gasteiger partial charge in [0.05, 0.1) is 0 Å². The molecule has 0 aromatic carbocycles. The Hall–Kier alpha value is 0.270. The summed E-state index contributed by atoms with van der Waals surface area (Å²) in [4.78, 5) is 2.63. The molecule has 2 aliphatic heterocycles. The minimum atomic E-state index is 0.756. The third kappa shape index (κ3) is 2.88. The molecule has 82 valence electrons. The van der Waals surface area contributed by atoms with Gasteiger partial charge in [-0.25, -0.2) is 0 Å². The fourth-order valence-electron chi connectivity index (χ4n) is 2.42. The molecule has 0 spiro atoms. The van der Waals surface area contributed by atoms with Gasteiger partial charge >= 0.3 is 0 Å². The molecule has 0 radical (unpaired) electrons. The van der Waals surface area contributed by atoms with Crippen LogP contribution in [0.15, 0.2) is 0 Å². The molecule has 2 fully saturated rings. The highest BCUT2D eigenvalue weighted by molar-refractivity contribution is 7.99. The van der Waals surface area contributed by atoms with Crippen LogP contribution in [0.25, 0.3) is 0 Å². The lowest BCUT2D eigenvalue weighted by Crippen LogP contribution is -2.49. The minimum absolute atomic E-state index is 0.756. The minimum Gasteiger partial charge on any atom is -0.312 e. The topological polar surface area (TPSA) is 15.3 Å². The van der Waals surface area contributed by atoms with Gasteiger partial charge in [0, 0.05) is 37.2 Å². The van der Waals surface area contributed by atoms with E-state index < -0.39 is 0 Å². The lowest BCUT2D eigenvalue weighted by molar-refractivity contribution is 0.202. The molecule has 2 rings (SSSR count). The molecule has 14 heavy (non-hydrogen) atoms. The summed E-state index contributed by atoms with van der Waals surface area (Å²) >= 11 is 2.10. The molecule has 1 N–H and O–H groups in total. The second-order valence-electron chi connectivity index (χ2n) is 4.59. The fraction of sp³-hybridized carbons (Fsp3) is 1.00. The summed E-state index contributed by atoms with van der Waals surface area (Å²) in [7, 11) is 0. The van der Waals surface area contributed by atoms with Crippen LogP contribution in [0.4, 0.5) is 0 Å². The Kier molecular flexibility index (Phi) is 4.14. The van der Waals surface area contributed by atoms with E-state index in [0.717, 1.165) is 12.0 Å². The lowest BCUT2D eigenvalue weighted by Gasteiger charge is -2.36. The Labute approximate surface area is 91.8 Å². The standard InChI is InChI=1S/C11H22N2S/c1-10-3-2-4-12-11(10)9-13-5-7-14-8-6-13/h10-12H,2-9H2,1H3. The van der Waals surface area contributed by atoms with Crippen LogP contribution < -0.4 is 5.32 Å². The van der Waals surface area contributed by atoms with Crippen molar-refractivity contribution < 1.29 is 0 Å². The van der Waals surface area contributed by atoms with E-state index in [1.165, 1.54) is 50.5 Å². The molecular weight excluding hydrogens is 192 g/mol. The molecule has 0 aromatic rings. The second-order valence-corrected chi connectivity index (χ2v) is 5.82. The van der Waals surface area contributed by atoms with Crippen molar-refractivity contribution in [1.29, 1.82) is 0 Å². The molecule has 0 aliphatic carbocycles. The maximum absolute atomic E-state index is 3.67. The third-order valence-electron chi connectivity index (χ3n) is 3.49. The summed E-state index contributed by atoms with van der Waals surface area (Å²) in [5.74, 6) is 3.54. The monoisotopic (exact) mass is 214 g/mol. The smallest absolute Gasteiger partial charge is 0.0220 e. The van der Waals surface area contributed by atoms with Gasteiger partial charge in [0.2, 0.25) is 0 Å². The molecular formula is C11H22N2S. The maximum atomic E-state index is 3.67. The van der Waals surface area contributed by atoms with Gasteiger partial charge in [-0.15, -0.1) is 0 Å². The predicted octanol–water partition coefficient (Wildman–Crippen LogP) is 1.42. The second kappa shape index (κ2) is 5.38. The van der Waals surface area contributed by atoms with E-state index in [9.17, 15) is 0 Å². The molecule has 2 atom stereocenters. The third-order valence-corrected chi connectivity index (χ3v) is 4.43. The van der Waals surface area contributed by atoms with Crippen LogP contribution in [0.2, 0.25) is 0 Å². The van der Waals surface area contributed by atoms with Crippen LogP contribution >= 0.6 is 11.8 Å². The number of piperidine rings is 1. The molecule has 2 unspecified atom stereocenters. The van der Waals surface area contributed by atoms with Gasteiger partial charge in [-0.2, -0.15) is 11.8 Å². The highest BCUT2D eigenvalue weighted by Gasteiger charge is 2.23. The molecule has 3 heteroatoms. The van der Waals surface area contributed by atoms with Crippen molar-refractivity contribution in [2.45, 2.75) is 25.8 Å². The van der Waals surface area contributed by atoms with E-state index in [4.69, 9.17) is 0 Å². The van der Waals surface area contributed by atoms with E-state index in [1.54, 1.807) is 0 Å². The van der Waals surface area contributed by atoms with Gasteiger partial charge in [0.15, 0.2) is 0 Å². The van der Waals surface area contributed by atoms with Crippen molar-refractivity contribution in [1.82, 2.24) is 10.2 Å². The maximum Gasteiger partial charge on any atom is 0.0220 e. The number of thioether (sulfide) groups is 1. The Morgan fingerprint density at radius 1 is 1.36 bits per heavy atom. The summed E-state index contributed by atoms with van der Waals surface area (Å²) in [5, 5.41) is 3.67. The fourth-order valence-corrected chi connectivity index (χ4v) is 3.40. The van der Waals surface area contributed by atoms with Crippen molar-refractivity contribution in [3.8, 4) is 0 Å². The largest absolute Gasteiger partial charge is 0.312 e. The Morgan fingerprint density at radius 2 is 2.14 bits per heavy atom. The zero-order valence-corrected chi connectivity index (χ0v) is 9.98. The van der Waals surface area contributed by atoms with Gasteiger partial charge in [-0.3, -0.25) is 0 Å². The summed E-state index contributed by atoms with van der Waals surface area (Å²) in [6.07, 6.45) is 2.79. The van der Waals surface area contributed by atoms with Crippen molar-refractivity contribution in [2.24, 2.45) is 5.92 Å². The zero-order valence-electron chi connectivity index (χ0n) is 9.17. The molecule has 2 nitrogen and oxygen atoms in total. The van der Waals surface area contributed by atoms with E-state index >= 15 is 0 Å². The number of nitrogens with zero attached hydrogens (tertiary/aromatic N) is 1. The van der Waals surface area contributed by atoms with E-state index in [1.807, 2.05) is 0 Å². The first-order valence-electron chi connectivity index (χ1n) is 5.90. The Bertz CT molecular complexity index is 169. The van der Waals surface area contributed by atoms with Crippen LogP contribution in [0.3, 0.4) is 0 Å². The normalized spacial score (nSPS) is 35.8. The number of hydrogen-bond donors (Lipinski definition) is 1. The molecule has 2 aliphatic rings. The summed E-state index contributed by atoms with van der Waals surface area (Å²) in [6.45, 7) is 7.51. The number of nitrogens with one attached hydrogen (secondary N) is 1. The van der Waals surface area contributed by atoms with E-state index in [2.05, 4.69) is 28.9 Å². The molecule has 0 amide bonds. The summed E-state index contributed by atoms with van der Waals surface area (Å²) < 4.78 is 0. The van der Waals surface area contributed by atoms with Gasteiger partial charge in [-0.1, -0.05) is 6.92 Å². The van der Waals surface area contributed by atoms with Crippen LogP contribution in [-0.4, -0.2) is 48.6 Å². The number of hydrogen-bond acceptors (Lipinski definition) is 3. The van der Waals surface area contributed by atoms with E-state index in [-0.39, 0.29) is 0 Å². The van der Waals surface area contributed by atoms with E-state index in [0.29, 0.717) is 0 Å².